The Kier molecular flexibility index (Phi) is 6.20. The van der Waals surface area contributed by atoms with Crippen molar-refractivity contribution in [3.05, 3.63) is 59.1 Å². The Morgan fingerprint density at radius 1 is 1.25 bits per heavy atom. The second kappa shape index (κ2) is 8.15. The first-order valence-electron chi connectivity index (χ1n) is 7.52. The third kappa shape index (κ3) is 4.96. The number of anilines is 2. The normalized spacial score (nSPS) is 13.2. The number of methoxy groups -OCH3 is 1. The molecule has 0 saturated heterocycles. The van der Waals surface area contributed by atoms with Crippen LogP contribution in [0.3, 0.4) is 0 Å². The number of carbonyl (C=O) groups is 1. The molecule has 2 aromatic carbocycles. The van der Waals surface area contributed by atoms with E-state index >= 15 is 0 Å². The second-order valence-electron chi connectivity index (χ2n) is 5.69. The molecule has 1 amide bonds. The van der Waals surface area contributed by atoms with Crippen LogP contribution in [0.25, 0.3) is 0 Å². The molecule has 24 heavy (non-hydrogen) atoms. The van der Waals surface area contributed by atoms with Crippen molar-refractivity contribution in [2.45, 2.75) is 19.1 Å². The van der Waals surface area contributed by atoms with E-state index in [1.54, 1.807) is 18.2 Å². The van der Waals surface area contributed by atoms with Crippen LogP contribution in [0.2, 0.25) is 5.02 Å². The lowest BCUT2D eigenvalue weighted by Gasteiger charge is -2.21. The predicted molar refractivity (Wildman–Crippen MR) is 96.4 cm³/mol. The molecular formula is C18H21ClN2O3. The lowest BCUT2D eigenvalue weighted by Crippen LogP contribution is -2.43. The number of ether oxygens (including phenoxy) is 1. The summed E-state index contributed by atoms with van der Waals surface area (Å²) in [5.74, 6) is -0.551. The molecule has 0 unspecified atom stereocenters. The highest BCUT2D eigenvalue weighted by molar-refractivity contribution is 6.33. The van der Waals surface area contributed by atoms with Crippen molar-refractivity contribution < 1.29 is 14.6 Å². The van der Waals surface area contributed by atoms with Gasteiger partial charge in [-0.25, -0.2) is 0 Å². The van der Waals surface area contributed by atoms with E-state index in [4.69, 9.17) is 16.3 Å². The smallest absolute Gasteiger partial charge is 0.258 e. The number of hydrogen-bond donors (Lipinski definition) is 3. The summed E-state index contributed by atoms with van der Waals surface area (Å²) in [5.41, 5.74) is 0.807. The zero-order chi connectivity index (χ0) is 17.6. The highest BCUT2D eigenvalue weighted by Gasteiger charge is 2.30. The Bertz CT molecular complexity index is 690. The first-order chi connectivity index (χ1) is 11.4. The highest BCUT2D eigenvalue weighted by Crippen LogP contribution is 2.26. The molecule has 0 spiro atoms. The Balaban J connectivity index is 2.00. The van der Waals surface area contributed by atoms with Crippen LogP contribution >= 0.6 is 11.6 Å². The van der Waals surface area contributed by atoms with Gasteiger partial charge in [-0.15, -0.1) is 0 Å². The number of amides is 1. The maximum atomic E-state index is 12.0. The van der Waals surface area contributed by atoms with Crippen LogP contribution in [0.15, 0.2) is 48.5 Å². The van der Waals surface area contributed by atoms with Crippen LogP contribution in [-0.2, 0) is 16.1 Å². The summed E-state index contributed by atoms with van der Waals surface area (Å²) in [6.07, 6.45) is 0. The van der Waals surface area contributed by atoms with Gasteiger partial charge >= 0.3 is 0 Å². The van der Waals surface area contributed by atoms with Gasteiger partial charge < -0.3 is 20.5 Å². The van der Waals surface area contributed by atoms with E-state index in [9.17, 15) is 9.90 Å². The molecule has 0 aliphatic heterocycles. The van der Waals surface area contributed by atoms with Crippen LogP contribution in [0.1, 0.15) is 12.5 Å². The number of rotatable bonds is 7. The van der Waals surface area contributed by atoms with E-state index in [0.29, 0.717) is 17.3 Å². The molecule has 2 rings (SSSR count). The quantitative estimate of drug-likeness (QED) is 0.718. The molecule has 128 valence electrons. The largest absolute Gasteiger partial charge is 0.381 e. The monoisotopic (exact) mass is 348 g/mol. The summed E-state index contributed by atoms with van der Waals surface area (Å²) < 4.78 is 4.84. The fraction of sp³-hybridized carbons (Fsp3) is 0.278. The summed E-state index contributed by atoms with van der Waals surface area (Å²) in [6.45, 7) is 1.95. The maximum absolute atomic E-state index is 12.0. The SMILES string of the molecule is COC[C@@](C)(O)C(=O)Nc1ccc(NCc2ccccc2)c(Cl)c1. The van der Waals surface area contributed by atoms with Crippen molar-refractivity contribution in [2.24, 2.45) is 0 Å². The average molecular weight is 349 g/mol. The number of halogens is 1. The Morgan fingerprint density at radius 2 is 1.96 bits per heavy atom. The van der Waals surface area contributed by atoms with Crippen molar-refractivity contribution in [1.29, 1.82) is 0 Å². The minimum atomic E-state index is -1.61. The van der Waals surface area contributed by atoms with Gasteiger partial charge in [0.1, 0.15) is 0 Å². The van der Waals surface area contributed by atoms with Gasteiger partial charge in [0.25, 0.3) is 5.91 Å². The van der Waals surface area contributed by atoms with E-state index in [-0.39, 0.29) is 6.61 Å². The summed E-state index contributed by atoms with van der Waals surface area (Å²) in [7, 11) is 1.42. The third-order valence-corrected chi connectivity index (χ3v) is 3.78. The molecule has 6 heteroatoms. The van der Waals surface area contributed by atoms with Gasteiger partial charge in [-0.05, 0) is 30.7 Å². The van der Waals surface area contributed by atoms with E-state index in [2.05, 4.69) is 10.6 Å². The zero-order valence-corrected chi connectivity index (χ0v) is 14.4. The van der Waals surface area contributed by atoms with Gasteiger partial charge in [-0.3, -0.25) is 4.79 Å². The summed E-state index contributed by atoms with van der Waals surface area (Å²) >= 11 is 6.25. The summed E-state index contributed by atoms with van der Waals surface area (Å²) in [5, 5.41) is 16.4. The molecule has 3 N–H and O–H groups in total. The topological polar surface area (TPSA) is 70.6 Å². The molecular weight excluding hydrogens is 328 g/mol. The maximum Gasteiger partial charge on any atom is 0.258 e. The van der Waals surface area contributed by atoms with Gasteiger partial charge in [0.05, 0.1) is 17.3 Å². The standard InChI is InChI=1S/C18H21ClN2O3/c1-18(23,12-24-2)17(22)21-14-8-9-16(15(19)10-14)20-11-13-6-4-3-5-7-13/h3-10,20,23H,11-12H2,1-2H3,(H,21,22)/t18-/m1/s1. The average Bonchev–Trinajstić information content (AvgIpc) is 2.55. The molecule has 2 aromatic rings. The number of hydrogen-bond acceptors (Lipinski definition) is 4. The van der Waals surface area contributed by atoms with Crippen molar-refractivity contribution in [2.75, 3.05) is 24.4 Å². The molecule has 0 bridgehead atoms. The van der Waals surface area contributed by atoms with Gasteiger partial charge in [0, 0.05) is 19.3 Å². The Hall–Kier alpha value is -2.08. The minimum Gasteiger partial charge on any atom is -0.381 e. The lowest BCUT2D eigenvalue weighted by atomic mass is 10.1. The Labute approximate surface area is 146 Å². The first-order valence-corrected chi connectivity index (χ1v) is 7.90. The second-order valence-corrected chi connectivity index (χ2v) is 6.10. The molecule has 0 aromatic heterocycles. The van der Waals surface area contributed by atoms with Crippen LogP contribution in [0.4, 0.5) is 11.4 Å². The van der Waals surface area contributed by atoms with E-state index < -0.39 is 11.5 Å². The lowest BCUT2D eigenvalue weighted by molar-refractivity contribution is -0.137. The molecule has 0 radical (unpaired) electrons. The third-order valence-electron chi connectivity index (χ3n) is 3.47. The number of nitrogens with one attached hydrogen (secondary N) is 2. The van der Waals surface area contributed by atoms with Crippen LogP contribution in [0, 0.1) is 0 Å². The van der Waals surface area contributed by atoms with Gasteiger partial charge in [0.15, 0.2) is 5.60 Å². The molecule has 0 aliphatic rings. The van der Waals surface area contributed by atoms with Crippen molar-refractivity contribution in [3.63, 3.8) is 0 Å². The van der Waals surface area contributed by atoms with E-state index in [1.807, 2.05) is 30.3 Å². The highest BCUT2D eigenvalue weighted by atomic mass is 35.5. The minimum absolute atomic E-state index is 0.0940. The zero-order valence-electron chi connectivity index (χ0n) is 13.7. The van der Waals surface area contributed by atoms with Gasteiger partial charge in [-0.2, -0.15) is 0 Å². The number of benzene rings is 2. The summed E-state index contributed by atoms with van der Waals surface area (Å²) in [4.78, 5) is 12.0. The predicted octanol–water partition coefficient (Wildman–Crippen LogP) is 3.29. The molecule has 1 atom stereocenters. The van der Waals surface area contributed by atoms with Crippen LogP contribution < -0.4 is 10.6 Å². The summed E-state index contributed by atoms with van der Waals surface area (Å²) in [6, 6.07) is 15.1. The fourth-order valence-corrected chi connectivity index (χ4v) is 2.39. The number of carbonyl (C=O) groups excluding carboxylic acids is 1. The van der Waals surface area contributed by atoms with E-state index in [0.717, 1.165) is 11.3 Å². The van der Waals surface area contributed by atoms with Crippen molar-refractivity contribution >= 4 is 28.9 Å². The fourth-order valence-electron chi connectivity index (χ4n) is 2.14. The van der Waals surface area contributed by atoms with Crippen LogP contribution in [0.5, 0.6) is 0 Å². The Morgan fingerprint density at radius 3 is 2.58 bits per heavy atom. The van der Waals surface area contributed by atoms with Gasteiger partial charge in [0.2, 0.25) is 0 Å². The van der Waals surface area contributed by atoms with Crippen molar-refractivity contribution in [3.8, 4) is 0 Å². The molecule has 0 heterocycles. The number of aliphatic hydroxyl groups is 1. The molecule has 5 nitrogen and oxygen atoms in total. The van der Waals surface area contributed by atoms with Gasteiger partial charge in [-0.1, -0.05) is 41.9 Å². The van der Waals surface area contributed by atoms with E-state index in [1.165, 1.54) is 14.0 Å². The molecule has 0 aliphatic carbocycles. The van der Waals surface area contributed by atoms with Crippen molar-refractivity contribution in [1.82, 2.24) is 0 Å². The molecule has 0 saturated carbocycles. The first kappa shape index (κ1) is 18.3. The molecule has 0 fully saturated rings. The van der Waals surface area contributed by atoms with Crippen LogP contribution in [-0.4, -0.2) is 30.3 Å².